The first-order chi connectivity index (χ1) is 9.29. The Kier molecular flexibility index (Phi) is 3.88. The topological polar surface area (TPSA) is 59.8 Å². The molecule has 110 valence electrons. The average molecular weight is 279 g/mol. The van der Waals surface area contributed by atoms with Gasteiger partial charge in [-0.2, -0.15) is 0 Å². The molecule has 0 aromatic carbocycles. The largest absolute Gasteiger partial charge is 0.459 e. The second kappa shape index (κ2) is 5.31. The van der Waals surface area contributed by atoms with Crippen molar-refractivity contribution in [3.05, 3.63) is 23.7 Å². The third-order valence-corrected chi connectivity index (χ3v) is 3.25. The van der Waals surface area contributed by atoms with Crippen molar-refractivity contribution in [2.75, 3.05) is 6.54 Å². The fourth-order valence-electron chi connectivity index (χ4n) is 2.35. The number of nitrogens with zero attached hydrogens (tertiary/aromatic N) is 1. The van der Waals surface area contributed by atoms with Crippen LogP contribution in [0.25, 0.3) is 0 Å². The number of rotatable bonds is 2. The lowest BCUT2D eigenvalue weighted by Crippen LogP contribution is -2.43. The lowest BCUT2D eigenvalue weighted by atomic mass is 10.1. The number of hydrogen-bond donors (Lipinski definition) is 0. The summed E-state index contributed by atoms with van der Waals surface area (Å²) in [5.74, 6) is -0.270. The Bertz CT molecular complexity index is 512. The molecule has 1 amide bonds. The van der Waals surface area contributed by atoms with Gasteiger partial charge in [-0.1, -0.05) is 0 Å². The molecule has 1 aromatic heterocycles. The van der Waals surface area contributed by atoms with Crippen LogP contribution in [-0.4, -0.2) is 35.0 Å². The highest BCUT2D eigenvalue weighted by Crippen LogP contribution is 2.24. The lowest BCUT2D eigenvalue weighted by Gasteiger charge is -2.27. The highest BCUT2D eigenvalue weighted by Gasteiger charge is 2.38. The van der Waals surface area contributed by atoms with Crippen molar-refractivity contribution < 1.29 is 18.7 Å². The first-order valence-electron chi connectivity index (χ1n) is 6.87. The summed E-state index contributed by atoms with van der Waals surface area (Å²) in [5, 5.41) is 0. The summed E-state index contributed by atoms with van der Waals surface area (Å²) in [7, 11) is 0. The maximum Gasteiger partial charge on any atom is 0.329 e. The Morgan fingerprint density at radius 2 is 2.10 bits per heavy atom. The van der Waals surface area contributed by atoms with Gasteiger partial charge in [-0.15, -0.1) is 0 Å². The third-order valence-electron chi connectivity index (χ3n) is 3.25. The van der Waals surface area contributed by atoms with Crippen LogP contribution in [0.2, 0.25) is 0 Å². The van der Waals surface area contributed by atoms with Crippen molar-refractivity contribution >= 4 is 11.9 Å². The number of esters is 1. The van der Waals surface area contributed by atoms with E-state index in [4.69, 9.17) is 9.15 Å². The Morgan fingerprint density at radius 3 is 2.65 bits per heavy atom. The number of aryl methyl sites for hydroxylation is 1. The monoisotopic (exact) mass is 279 g/mol. The Hall–Kier alpha value is -1.78. The van der Waals surface area contributed by atoms with E-state index >= 15 is 0 Å². The minimum Gasteiger partial charge on any atom is -0.459 e. The fourth-order valence-corrected chi connectivity index (χ4v) is 2.35. The van der Waals surface area contributed by atoms with Crippen LogP contribution in [0.1, 0.15) is 49.7 Å². The van der Waals surface area contributed by atoms with Gasteiger partial charge in [-0.3, -0.25) is 4.79 Å². The predicted octanol–water partition coefficient (Wildman–Crippen LogP) is 2.53. The number of furan rings is 1. The smallest absolute Gasteiger partial charge is 0.329 e. The van der Waals surface area contributed by atoms with Gasteiger partial charge in [0, 0.05) is 12.1 Å². The quantitative estimate of drug-likeness (QED) is 0.781. The maximum absolute atomic E-state index is 12.4. The molecule has 2 rings (SSSR count). The van der Waals surface area contributed by atoms with E-state index < -0.39 is 11.6 Å². The summed E-state index contributed by atoms with van der Waals surface area (Å²) in [4.78, 5) is 26.2. The van der Waals surface area contributed by atoms with Gasteiger partial charge in [0.25, 0.3) is 5.91 Å². The van der Waals surface area contributed by atoms with Gasteiger partial charge in [-0.05, 0) is 46.6 Å². The number of amides is 1. The van der Waals surface area contributed by atoms with Gasteiger partial charge in [0.1, 0.15) is 11.6 Å². The van der Waals surface area contributed by atoms with Crippen LogP contribution < -0.4 is 0 Å². The van der Waals surface area contributed by atoms with E-state index in [2.05, 4.69) is 0 Å². The lowest BCUT2D eigenvalue weighted by molar-refractivity contribution is -0.159. The number of carbonyl (C=O) groups is 2. The van der Waals surface area contributed by atoms with Gasteiger partial charge in [0.2, 0.25) is 0 Å². The number of carbonyl (C=O) groups excluding carboxylic acids is 2. The number of likely N-dealkylation sites (tertiary alicyclic amines) is 1. The second-order valence-corrected chi connectivity index (χ2v) is 6.12. The molecule has 1 aromatic rings. The molecule has 1 fully saturated rings. The first kappa shape index (κ1) is 14.6. The molecule has 5 heteroatoms. The minimum atomic E-state index is -0.547. The van der Waals surface area contributed by atoms with Crippen molar-refractivity contribution in [1.29, 1.82) is 0 Å². The van der Waals surface area contributed by atoms with E-state index in [0.717, 1.165) is 12.0 Å². The molecule has 0 spiro atoms. The van der Waals surface area contributed by atoms with Crippen LogP contribution in [0.15, 0.2) is 16.7 Å². The van der Waals surface area contributed by atoms with E-state index in [1.54, 1.807) is 11.0 Å². The highest BCUT2D eigenvalue weighted by molar-refractivity contribution is 5.96. The Balaban J connectivity index is 2.13. The molecular formula is C15H21NO4. The second-order valence-electron chi connectivity index (χ2n) is 6.12. The van der Waals surface area contributed by atoms with Crippen LogP contribution in [-0.2, 0) is 9.53 Å². The van der Waals surface area contributed by atoms with E-state index in [-0.39, 0.29) is 11.9 Å². The Labute approximate surface area is 118 Å². The zero-order chi connectivity index (χ0) is 14.9. The molecule has 5 nitrogen and oxygen atoms in total. The van der Waals surface area contributed by atoms with Crippen LogP contribution in [0.4, 0.5) is 0 Å². The molecule has 1 aliphatic rings. The molecule has 0 radical (unpaired) electrons. The van der Waals surface area contributed by atoms with Gasteiger partial charge in [0.05, 0.1) is 6.26 Å². The van der Waals surface area contributed by atoms with Gasteiger partial charge in [0.15, 0.2) is 5.76 Å². The number of hydrogen-bond acceptors (Lipinski definition) is 4. The van der Waals surface area contributed by atoms with Crippen molar-refractivity contribution in [3.8, 4) is 0 Å². The molecule has 0 saturated carbocycles. The van der Waals surface area contributed by atoms with E-state index in [1.807, 2.05) is 27.7 Å². The molecule has 1 atom stereocenters. The van der Waals surface area contributed by atoms with E-state index in [0.29, 0.717) is 18.7 Å². The van der Waals surface area contributed by atoms with Crippen LogP contribution in [0, 0.1) is 6.92 Å². The maximum atomic E-state index is 12.4. The van der Waals surface area contributed by atoms with Crippen molar-refractivity contribution in [2.24, 2.45) is 0 Å². The summed E-state index contributed by atoms with van der Waals surface area (Å²) in [5.41, 5.74) is 0.236. The molecule has 0 aliphatic carbocycles. The average Bonchev–Trinajstić information content (AvgIpc) is 2.93. The summed E-state index contributed by atoms with van der Waals surface area (Å²) < 4.78 is 10.6. The highest BCUT2D eigenvalue weighted by atomic mass is 16.6. The first-order valence-corrected chi connectivity index (χ1v) is 6.87. The molecule has 20 heavy (non-hydrogen) atoms. The normalized spacial score (nSPS) is 19.2. The zero-order valence-electron chi connectivity index (χ0n) is 12.4. The standard InChI is InChI=1S/C15H21NO4/c1-10-7-9-19-12(10)13(17)16-8-5-6-11(16)14(18)20-15(2,3)4/h7,9,11H,5-6,8H2,1-4H3/t11-/m0/s1. The molecule has 1 saturated heterocycles. The third kappa shape index (κ3) is 3.03. The fraction of sp³-hybridized carbons (Fsp3) is 0.600. The molecule has 0 unspecified atom stereocenters. The molecule has 2 heterocycles. The van der Waals surface area contributed by atoms with E-state index in [9.17, 15) is 9.59 Å². The van der Waals surface area contributed by atoms with Crippen molar-refractivity contribution in [2.45, 2.75) is 52.2 Å². The van der Waals surface area contributed by atoms with Crippen molar-refractivity contribution in [1.82, 2.24) is 4.90 Å². The molecule has 1 aliphatic heterocycles. The summed E-state index contributed by atoms with van der Waals surface area (Å²) >= 11 is 0. The van der Waals surface area contributed by atoms with Crippen molar-refractivity contribution in [3.63, 3.8) is 0 Å². The van der Waals surface area contributed by atoms with Crippen LogP contribution in [0.5, 0.6) is 0 Å². The van der Waals surface area contributed by atoms with Gasteiger partial charge < -0.3 is 14.1 Å². The molecule has 0 N–H and O–H groups in total. The number of ether oxygens (including phenoxy) is 1. The van der Waals surface area contributed by atoms with Crippen LogP contribution in [0.3, 0.4) is 0 Å². The summed E-state index contributed by atoms with van der Waals surface area (Å²) in [6, 6.07) is 1.23. The van der Waals surface area contributed by atoms with E-state index in [1.165, 1.54) is 6.26 Å². The Morgan fingerprint density at radius 1 is 1.40 bits per heavy atom. The molecular weight excluding hydrogens is 258 g/mol. The predicted molar refractivity (Wildman–Crippen MR) is 73.3 cm³/mol. The molecule has 0 bridgehead atoms. The summed E-state index contributed by atoms with van der Waals surface area (Å²) in [6.45, 7) is 7.84. The minimum absolute atomic E-state index is 0.235. The van der Waals surface area contributed by atoms with Gasteiger partial charge >= 0.3 is 5.97 Å². The van der Waals surface area contributed by atoms with Crippen LogP contribution >= 0.6 is 0 Å². The zero-order valence-corrected chi connectivity index (χ0v) is 12.4. The SMILES string of the molecule is Cc1ccoc1C(=O)N1CCC[C@H]1C(=O)OC(C)(C)C. The summed E-state index contributed by atoms with van der Waals surface area (Å²) in [6.07, 6.45) is 2.93. The van der Waals surface area contributed by atoms with Gasteiger partial charge in [-0.25, -0.2) is 4.79 Å².